The number of anilines is 1. The molecule has 0 saturated heterocycles. The second-order valence-corrected chi connectivity index (χ2v) is 5.62. The summed E-state index contributed by atoms with van der Waals surface area (Å²) in [7, 11) is 1.30. The molecule has 0 radical (unpaired) electrons. The van der Waals surface area contributed by atoms with Crippen molar-refractivity contribution in [3.63, 3.8) is 0 Å². The van der Waals surface area contributed by atoms with Crippen LogP contribution < -0.4 is 5.32 Å². The third-order valence-electron chi connectivity index (χ3n) is 2.51. The number of hydrogen-bond acceptors (Lipinski definition) is 4. The van der Waals surface area contributed by atoms with E-state index in [2.05, 4.69) is 5.32 Å². The van der Waals surface area contributed by atoms with Crippen molar-refractivity contribution in [2.75, 3.05) is 12.4 Å². The number of rotatable bonds is 2. The smallest absolute Gasteiger partial charge is 0.412 e. The molecule has 110 valence electrons. The minimum absolute atomic E-state index is 0.316. The molecule has 0 atom stereocenters. The molecule has 0 spiro atoms. The van der Waals surface area contributed by atoms with Gasteiger partial charge in [-0.25, -0.2) is 9.59 Å². The predicted molar refractivity (Wildman–Crippen MR) is 77.1 cm³/mol. The lowest BCUT2D eigenvalue weighted by atomic mass is 10.0. The fraction of sp³-hybridized carbons (Fsp3) is 0.467. The summed E-state index contributed by atoms with van der Waals surface area (Å²) >= 11 is 0. The van der Waals surface area contributed by atoms with Gasteiger partial charge < -0.3 is 9.47 Å². The van der Waals surface area contributed by atoms with Crippen molar-refractivity contribution in [2.24, 2.45) is 0 Å². The van der Waals surface area contributed by atoms with E-state index in [1.165, 1.54) is 7.11 Å². The van der Waals surface area contributed by atoms with E-state index >= 15 is 0 Å². The van der Waals surface area contributed by atoms with Crippen molar-refractivity contribution in [1.29, 1.82) is 0 Å². The third kappa shape index (κ3) is 4.26. The third-order valence-corrected chi connectivity index (χ3v) is 2.51. The van der Waals surface area contributed by atoms with Crippen LogP contribution in [0.5, 0.6) is 0 Å². The maximum atomic E-state index is 11.8. The minimum Gasteiger partial charge on any atom is -0.465 e. The number of methoxy groups -OCH3 is 1. The Bertz CT molecular complexity index is 529. The van der Waals surface area contributed by atoms with E-state index in [4.69, 9.17) is 9.47 Å². The summed E-state index contributed by atoms with van der Waals surface area (Å²) in [4.78, 5) is 23.6. The summed E-state index contributed by atoms with van der Waals surface area (Å²) in [6.45, 7) is 9.00. The van der Waals surface area contributed by atoms with Crippen LogP contribution in [-0.2, 0) is 9.47 Å². The highest BCUT2D eigenvalue weighted by Crippen LogP contribution is 2.24. The number of ether oxygens (including phenoxy) is 2. The Hall–Kier alpha value is -2.04. The van der Waals surface area contributed by atoms with Gasteiger partial charge in [0.25, 0.3) is 0 Å². The van der Waals surface area contributed by atoms with Crippen molar-refractivity contribution in [1.82, 2.24) is 0 Å². The Balaban J connectivity index is 3.11. The van der Waals surface area contributed by atoms with Crippen molar-refractivity contribution >= 4 is 17.7 Å². The van der Waals surface area contributed by atoms with Crippen molar-refractivity contribution in [3.05, 3.63) is 28.8 Å². The molecule has 5 heteroatoms. The van der Waals surface area contributed by atoms with E-state index in [9.17, 15) is 9.59 Å². The summed E-state index contributed by atoms with van der Waals surface area (Å²) in [6, 6.07) is 3.55. The molecule has 1 aromatic carbocycles. The van der Waals surface area contributed by atoms with Crippen molar-refractivity contribution in [2.45, 2.75) is 40.2 Å². The Morgan fingerprint density at radius 2 is 1.75 bits per heavy atom. The van der Waals surface area contributed by atoms with Gasteiger partial charge >= 0.3 is 12.1 Å². The molecule has 1 aromatic rings. The monoisotopic (exact) mass is 279 g/mol. The van der Waals surface area contributed by atoms with E-state index in [1.807, 2.05) is 19.9 Å². The van der Waals surface area contributed by atoms with E-state index in [0.29, 0.717) is 11.3 Å². The van der Waals surface area contributed by atoms with Gasteiger partial charge in [0.1, 0.15) is 5.60 Å². The number of benzene rings is 1. The van der Waals surface area contributed by atoms with Crippen LogP contribution in [0.3, 0.4) is 0 Å². The Kier molecular flexibility index (Phi) is 4.76. The maximum absolute atomic E-state index is 11.8. The van der Waals surface area contributed by atoms with Gasteiger partial charge in [-0.05, 0) is 51.8 Å². The molecule has 0 saturated carbocycles. The van der Waals surface area contributed by atoms with Crippen molar-refractivity contribution < 1.29 is 19.1 Å². The van der Waals surface area contributed by atoms with Crippen LogP contribution in [0.4, 0.5) is 10.5 Å². The fourth-order valence-electron chi connectivity index (χ4n) is 1.81. The summed E-state index contributed by atoms with van der Waals surface area (Å²) in [5.41, 5.74) is 1.81. The lowest BCUT2D eigenvalue weighted by Crippen LogP contribution is -2.28. The van der Waals surface area contributed by atoms with Gasteiger partial charge in [-0.1, -0.05) is 6.07 Å². The quantitative estimate of drug-likeness (QED) is 0.842. The number of hydrogen-bond donors (Lipinski definition) is 1. The molecule has 0 aliphatic carbocycles. The second kappa shape index (κ2) is 5.94. The zero-order valence-electron chi connectivity index (χ0n) is 12.8. The average Bonchev–Trinajstić information content (AvgIpc) is 2.29. The SMILES string of the molecule is COC(=O)c1cc(C)cc(C)c1NC(=O)OC(C)(C)C. The van der Waals surface area contributed by atoms with Crippen LogP contribution in [0.15, 0.2) is 12.1 Å². The van der Waals surface area contributed by atoms with Gasteiger partial charge in [0.05, 0.1) is 18.4 Å². The molecule has 5 nitrogen and oxygen atoms in total. The fourth-order valence-corrected chi connectivity index (χ4v) is 1.81. The summed E-state index contributed by atoms with van der Waals surface area (Å²) in [6.07, 6.45) is -0.602. The number of carbonyl (C=O) groups is 2. The molecule has 0 bridgehead atoms. The molecule has 0 unspecified atom stereocenters. The van der Waals surface area contributed by atoms with Crippen LogP contribution in [0.2, 0.25) is 0 Å². The van der Waals surface area contributed by atoms with Gasteiger partial charge in [-0.2, -0.15) is 0 Å². The Morgan fingerprint density at radius 1 is 1.15 bits per heavy atom. The van der Waals surface area contributed by atoms with Crippen LogP contribution in [0.1, 0.15) is 42.3 Å². The van der Waals surface area contributed by atoms with E-state index < -0.39 is 17.7 Å². The van der Waals surface area contributed by atoms with Gasteiger partial charge in [-0.3, -0.25) is 5.32 Å². The van der Waals surface area contributed by atoms with E-state index in [0.717, 1.165) is 11.1 Å². The van der Waals surface area contributed by atoms with Crippen LogP contribution >= 0.6 is 0 Å². The summed E-state index contributed by atoms with van der Waals surface area (Å²) < 4.78 is 9.93. The van der Waals surface area contributed by atoms with Crippen LogP contribution in [0.25, 0.3) is 0 Å². The Labute approximate surface area is 119 Å². The summed E-state index contributed by atoms with van der Waals surface area (Å²) in [5.74, 6) is -0.497. The predicted octanol–water partition coefficient (Wildman–Crippen LogP) is 3.44. The highest BCUT2D eigenvalue weighted by Gasteiger charge is 2.20. The van der Waals surface area contributed by atoms with Gasteiger partial charge in [0.2, 0.25) is 0 Å². The topological polar surface area (TPSA) is 64.6 Å². The van der Waals surface area contributed by atoms with Gasteiger partial charge in [-0.15, -0.1) is 0 Å². The molecule has 0 aromatic heterocycles. The highest BCUT2D eigenvalue weighted by molar-refractivity contribution is 6.00. The molecule has 0 aliphatic heterocycles. The van der Waals surface area contributed by atoms with Gasteiger partial charge in [0.15, 0.2) is 0 Å². The lowest BCUT2D eigenvalue weighted by molar-refractivity contribution is 0.0601. The molecule has 0 aliphatic rings. The van der Waals surface area contributed by atoms with Crippen LogP contribution in [-0.4, -0.2) is 24.8 Å². The first-order chi connectivity index (χ1) is 9.14. The second-order valence-electron chi connectivity index (χ2n) is 5.62. The first-order valence-electron chi connectivity index (χ1n) is 6.33. The zero-order chi connectivity index (χ0) is 15.5. The summed E-state index contributed by atoms with van der Waals surface area (Å²) in [5, 5.41) is 2.62. The Morgan fingerprint density at radius 3 is 2.25 bits per heavy atom. The molecule has 1 amide bonds. The molecular weight excluding hydrogens is 258 g/mol. The van der Waals surface area contributed by atoms with E-state index in [-0.39, 0.29) is 0 Å². The molecule has 0 fully saturated rings. The highest BCUT2D eigenvalue weighted by atomic mass is 16.6. The largest absolute Gasteiger partial charge is 0.465 e. The van der Waals surface area contributed by atoms with E-state index in [1.54, 1.807) is 26.8 Å². The first kappa shape index (κ1) is 16.0. The molecule has 20 heavy (non-hydrogen) atoms. The standard InChI is InChI=1S/C15H21NO4/c1-9-7-10(2)12(11(8-9)13(17)19-6)16-14(18)20-15(3,4)5/h7-8H,1-6H3,(H,16,18). The molecular formula is C15H21NO4. The van der Waals surface area contributed by atoms with Gasteiger partial charge in [0, 0.05) is 0 Å². The molecule has 0 heterocycles. The normalized spacial score (nSPS) is 10.9. The minimum atomic E-state index is -0.603. The number of carbonyl (C=O) groups excluding carboxylic acids is 2. The number of amides is 1. The number of esters is 1. The zero-order valence-corrected chi connectivity index (χ0v) is 12.8. The maximum Gasteiger partial charge on any atom is 0.412 e. The molecule has 1 N–H and O–H groups in total. The first-order valence-corrected chi connectivity index (χ1v) is 6.33. The van der Waals surface area contributed by atoms with Crippen molar-refractivity contribution in [3.8, 4) is 0 Å². The van der Waals surface area contributed by atoms with Crippen LogP contribution in [0, 0.1) is 13.8 Å². The average molecular weight is 279 g/mol. The number of nitrogens with one attached hydrogen (secondary N) is 1. The lowest BCUT2D eigenvalue weighted by Gasteiger charge is -2.21. The number of aryl methyl sites for hydroxylation is 2. The molecule has 1 rings (SSSR count).